The molecule has 0 saturated carbocycles. The molecule has 29 heavy (non-hydrogen) atoms. The third kappa shape index (κ3) is 3.53. The molecule has 10 heteroatoms. The Kier molecular flexibility index (Phi) is 5.15. The molecule has 1 aliphatic rings. The van der Waals surface area contributed by atoms with Gasteiger partial charge in [-0.3, -0.25) is 4.79 Å². The molecule has 1 fully saturated rings. The Morgan fingerprint density at radius 2 is 1.72 bits per heavy atom. The summed E-state index contributed by atoms with van der Waals surface area (Å²) in [4.78, 5) is 25.6. The molecule has 0 radical (unpaired) electrons. The van der Waals surface area contributed by atoms with E-state index in [1.165, 1.54) is 6.33 Å². The molecule has 0 bridgehead atoms. The first-order valence-electron chi connectivity index (χ1n) is 9.46. The molecule has 10 nitrogen and oxygen atoms in total. The molecule has 0 atom stereocenters. The Labute approximate surface area is 168 Å². The number of anilines is 1. The van der Waals surface area contributed by atoms with Crippen LogP contribution in [0.2, 0.25) is 0 Å². The zero-order valence-corrected chi connectivity index (χ0v) is 16.7. The first-order valence-corrected chi connectivity index (χ1v) is 9.46. The van der Waals surface area contributed by atoms with Crippen molar-refractivity contribution in [3.05, 3.63) is 30.1 Å². The fourth-order valence-corrected chi connectivity index (χ4v) is 3.46. The van der Waals surface area contributed by atoms with Crippen molar-refractivity contribution in [3.8, 4) is 11.5 Å². The second-order valence-electron chi connectivity index (χ2n) is 6.66. The molecule has 1 saturated heterocycles. The van der Waals surface area contributed by atoms with E-state index in [1.807, 2.05) is 11.8 Å². The van der Waals surface area contributed by atoms with Crippen LogP contribution in [0.3, 0.4) is 0 Å². The monoisotopic (exact) mass is 397 g/mol. The van der Waals surface area contributed by atoms with E-state index in [2.05, 4.69) is 25.2 Å². The summed E-state index contributed by atoms with van der Waals surface area (Å²) in [6.45, 7) is 5.14. The van der Waals surface area contributed by atoms with Crippen LogP contribution in [0.25, 0.3) is 11.2 Å². The van der Waals surface area contributed by atoms with Crippen LogP contribution in [0.4, 0.5) is 5.82 Å². The number of ether oxygens (including phenoxy) is 2. The smallest absolute Gasteiger partial charge is 0.254 e. The van der Waals surface area contributed by atoms with Crippen LogP contribution in [0.5, 0.6) is 11.5 Å². The largest absolute Gasteiger partial charge is 0.497 e. The van der Waals surface area contributed by atoms with Crippen molar-refractivity contribution in [2.45, 2.75) is 13.5 Å². The Morgan fingerprint density at radius 3 is 2.34 bits per heavy atom. The first kappa shape index (κ1) is 18.9. The highest BCUT2D eigenvalue weighted by molar-refractivity contribution is 5.95. The van der Waals surface area contributed by atoms with Crippen LogP contribution in [0.15, 0.2) is 24.5 Å². The number of amides is 1. The molecular weight excluding hydrogens is 374 g/mol. The molecule has 4 rings (SSSR count). The quantitative estimate of drug-likeness (QED) is 0.634. The van der Waals surface area contributed by atoms with E-state index in [-0.39, 0.29) is 5.91 Å². The number of piperazine rings is 1. The zero-order chi connectivity index (χ0) is 20.4. The highest BCUT2D eigenvalue weighted by Gasteiger charge is 2.25. The SMILES string of the molecule is CCn1nnc2c(N3CCN(C(=O)c4cc(OC)cc(OC)c4)CC3)ncnc21. The number of methoxy groups -OCH3 is 2. The van der Waals surface area contributed by atoms with Crippen molar-refractivity contribution >= 4 is 22.9 Å². The van der Waals surface area contributed by atoms with E-state index in [1.54, 1.807) is 37.1 Å². The highest BCUT2D eigenvalue weighted by atomic mass is 16.5. The molecule has 3 heterocycles. The zero-order valence-electron chi connectivity index (χ0n) is 16.7. The lowest BCUT2D eigenvalue weighted by molar-refractivity contribution is 0.0746. The number of aryl methyl sites for hydroxylation is 1. The minimum atomic E-state index is -0.0494. The van der Waals surface area contributed by atoms with Gasteiger partial charge in [0.05, 0.1) is 14.2 Å². The predicted octanol–water partition coefficient (Wildman–Crippen LogP) is 1.22. The summed E-state index contributed by atoms with van der Waals surface area (Å²) in [5.41, 5.74) is 1.95. The van der Waals surface area contributed by atoms with Gasteiger partial charge in [-0.15, -0.1) is 5.10 Å². The third-order valence-corrected chi connectivity index (χ3v) is 5.05. The van der Waals surface area contributed by atoms with Crippen LogP contribution >= 0.6 is 0 Å². The molecule has 0 unspecified atom stereocenters. The molecule has 1 amide bonds. The number of fused-ring (bicyclic) bond motifs is 1. The van der Waals surface area contributed by atoms with Crippen molar-refractivity contribution in [3.63, 3.8) is 0 Å². The lowest BCUT2D eigenvalue weighted by atomic mass is 10.1. The number of nitrogens with zero attached hydrogens (tertiary/aromatic N) is 7. The fraction of sp³-hybridized carbons (Fsp3) is 0.421. The number of hydrogen-bond donors (Lipinski definition) is 0. The summed E-state index contributed by atoms with van der Waals surface area (Å²) in [6, 6.07) is 5.21. The average Bonchev–Trinajstić information content (AvgIpc) is 3.21. The summed E-state index contributed by atoms with van der Waals surface area (Å²) < 4.78 is 12.3. The maximum Gasteiger partial charge on any atom is 0.254 e. The van der Waals surface area contributed by atoms with Gasteiger partial charge in [0.15, 0.2) is 17.0 Å². The van der Waals surface area contributed by atoms with E-state index in [0.29, 0.717) is 55.3 Å². The van der Waals surface area contributed by atoms with Gasteiger partial charge in [0.1, 0.15) is 17.8 Å². The Bertz CT molecular complexity index is 1010. The Hall–Kier alpha value is -3.43. The summed E-state index contributed by atoms with van der Waals surface area (Å²) >= 11 is 0. The molecule has 2 aromatic heterocycles. The van der Waals surface area contributed by atoms with Gasteiger partial charge in [-0.2, -0.15) is 0 Å². The lowest BCUT2D eigenvalue weighted by Gasteiger charge is -2.35. The van der Waals surface area contributed by atoms with E-state index >= 15 is 0 Å². The van der Waals surface area contributed by atoms with Crippen molar-refractivity contribution in [1.29, 1.82) is 0 Å². The number of benzene rings is 1. The second-order valence-corrected chi connectivity index (χ2v) is 6.66. The van der Waals surface area contributed by atoms with Gasteiger partial charge in [-0.25, -0.2) is 14.6 Å². The highest BCUT2D eigenvalue weighted by Crippen LogP contribution is 2.25. The maximum absolute atomic E-state index is 13.0. The molecule has 0 N–H and O–H groups in total. The van der Waals surface area contributed by atoms with Crippen LogP contribution in [-0.4, -0.2) is 76.2 Å². The van der Waals surface area contributed by atoms with Crippen LogP contribution < -0.4 is 14.4 Å². The van der Waals surface area contributed by atoms with Gasteiger partial charge in [-0.1, -0.05) is 5.21 Å². The molecular formula is C19H23N7O3. The summed E-state index contributed by atoms with van der Waals surface area (Å²) in [5, 5.41) is 8.38. The van der Waals surface area contributed by atoms with Gasteiger partial charge in [0.2, 0.25) is 0 Å². The Morgan fingerprint density at radius 1 is 1.03 bits per heavy atom. The molecule has 0 spiro atoms. The number of rotatable bonds is 5. The molecule has 0 aliphatic carbocycles. The lowest BCUT2D eigenvalue weighted by Crippen LogP contribution is -2.49. The molecule has 152 valence electrons. The van der Waals surface area contributed by atoms with Gasteiger partial charge < -0.3 is 19.3 Å². The van der Waals surface area contributed by atoms with E-state index in [4.69, 9.17) is 9.47 Å². The minimum absolute atomic E-state index is 0.0494. The Balaban J connectivity index is 1.50. The van der Waals surface area contributed by atoms with Crippen molar-refractivity contribution in [2.24, 2.45) is 0 Å². The van der Waals surface area contributed by atoms with E-state index < -0.39 is 0 Å². The van der Waals surface area contributed by atoms with Crippen LogP contribution in [0, 0.1) is 0 Å². The summed E-state index contributed by atoms with van der Waals surface area (Å²) in [5.74, 6) is 1.89. The second kappa shape index (κ2) is 7.90. The normalized spacial score (nSPS) is 14.3. The number of carbonyl (C=O) groups excluding carboxylic acids is 1. The number of hydrogen-bond acceptors (Lipinski definition) is 8. The van der Waals surface area contributed by atoms with Crippen LogP contribution in [0.1, 0.15) is 17.3 Å². The van der Waals surface area contributed by atoms with Crippen molar-refractivity contribution in [1.82, 2.24) is 29.9 Å². The van der Waals surface area contributed by atoms with Gasteiger partial charge >= 0.3 is 0 Å². The standard InChI is InChI=1S/C19H23N7O3/c1-4-26-18-16(22-23-26)17(20-12-21-18)24-5-7-25(8-6-24)19(27)13-9-14(28-2)11-15(10-13)29-3/h9-12H,4-8H2,1-3H3. The first-order chi connectivity index (χ1) is 14.1. The van der Waals surface area contributed by atoms with Gasteiger partial charge in [0, 0.05) is 44.4 Å². The number of carbonyl (C=O) groups is 1. The van der Waals surface area contributed by atoms with Gasteiger partial charge in [0.25, 0.3) is 5.91 Å². The topological polar surface area (TPSA) is 98.5 Å². The van der Waals surface area contributed by atoms with E-state index in [0.717, 1.165) is 11.5 Å². The third-order valence-electron chi connectivity index (χ3n) is 5.05. The fourth-order valence-electron chi connectivity index (χ4n) is 3.46. The predicted molar refractivity (Wildman–Crippen MR) is 106 cm³/mol. The van der Waals surface area contributed by atoms with E-state index in [9.17, 15) is 4.79 Å². The molecule has 3 aromatic rings. The summed E-state index contributed by atoms with van der Waals surface area (Å²) in [6.07, 6.45) is 1.53. The van der Waals surface area contributed by atoms with Crippen LogP contribution in [-0.2, 0) is 6.54 Å². The summed E-state index contributed by atoms with van der Waals surface area (Å²) in [7, 11) is 3.14. The van der Waals surface area contributed by atoms with Crippen molar-refractivity contribution in [2.75, 3.05) is 45.3 Å². The number of aromatic nitrogens is 5. The average molecular weight is 397 g/mol. The maximum atomic E-state index is 13.0. The van der Waals surface area contributed by atoms with Gasteiger partial charge in [-0.05, 0) is 19.1 Å². The minimum Gasteiger partial charge on any atom is -0.497 e. The molecule has 1 aliphatic heterocycles. The van der Waals surface area contributed by atoms with Crippen molar-refractivity contribution < 1.29 is 14.3 Å². The molecule has 1 aromatic carbocycles.